The Morgan fingerprint density at radius 2 is 1.94 bits per heavy atom. The number of rotatable bonds is 3. The molecule has 4 nitrogen and oxygen atoms in total. The van der Waals surface area contributed by atoms with Gasteiger partial charge in [-0.25, -0.2) is 0 Å². The molecule has 1 aliphatic heterocycles. The van der Waals surface area contributed by atoms with Crippen LogP contribution in [-0.4, -0.2) is 36.3 Å². The van der Waals surface area contributed by atoms with Crippen LogP contribution >= 0.6 is 11.6 Å². The van der Waals surface area contributed by atoms with E-state index in [2.05, 4.69) is 5.32 Å². The van der Waals surface area contributed by atoms with E-state index in [0.717, 1.165) is 12.0 Å². The smallest absolute Gasteiger partial charge is 0.242 e. The minimum atomic E-state index is -0.0966. The van der Waals surface area contributed by atoms with Gasteiger partial charge in [-0.05, 0) is 24.1 Å². The molecule has 0 spiro atoms. The number of hydrogen-bond donors (Lipinski definition) is 1. The minimum absolute atomic E-state index is 0.0291. The highest BCUT2D eigenvalue weighted by atomic mass is 35.5. The molecule has 1 aliphatic rings. The van der Waals surface area contributed by atoms with Gasteiger partial charge in [-0.1, -0.05) is 23.7 Å². The number of carbonyl (C=O) groups is 2. The first-order chi connectivity index (χ1) is 8.15. The zero-order valence-electron chi connectivity index (χ0n) is 9.28. The van der Waals surface area contributed by atoms with Gasteiger partial charge >= 0.3 is 0 Å². The van der Waals surface area contributed by atoms with Crippen molar-refractivity contribution in [3.63, 3.8) is 0 Å². The maximum Gasteiger partial charge on any atom is 0.242 e. The minimum Gasteiger partial charge on any atom is -0.345 e. The first-order valence-corrected chi connectivity index (χ1v) is 5.82. The molecule has 0 radical (unpaired) electrons. The molecule has 1 aromatic carbocycles. The van der Waals surface area contributed by atoms with E-state index >= 15 is 0 Å². The molecule has 0 aromatic heterocycles. The third-order valence-electron chi connectivity index (χ3n) is 2.71. The van der Waals surface area contributed by atoms with Crippen LogP contribution in [0.2, 0.25) is 5.02 Å². The number of carbonyl (C=O) groups excluding carboxylic acids is 2. The lowest BCUT2D eigenvalue weighted by Crippen LogP contribution is -2.51. The molecule has 90 valence electrons. The van der Waals surface area contributed by atoms with Crippen LogP contribution in [0.1, 0.15) is 5.56 Å². The molecule has 0 bridgehead atoms. The van der Waals surface area contributed by atoms with Gasteiger partial charge in [0.25, 0.3) is 0 Å². The molecular weight excluding hydrogens is 240 g/mol. The number of piperazine rings is 1. The monoisotopic (exact) mass is 252 g/mol. The highest BCUT2D eigenvalue weighted by molar-refractivity contribution is 6.30. The van der Waals surface area contributed by atoms with Gasteiger partial charge in [0.2, 0.25) is 11.8 Å². The van der Waals surface area contributed by atoms with Crippen LogP contribution in [0, 0.1) is 0 Å². The van der Waals surface area contributed by atoms with E-state index in [4.69, 9.17) is 11.6 Å². The summed E-state index contributed by atoms with van der Waals surface area (Å²) in [6.45, 7) is 0.833. The zero-order valence-corrected chi connectivity index (χ0v) is 10.0. The van der Waals surface area contributed by atoms with Gasteiger partial charge in [-0.3, -0.25) is 9.59 Å². The number of nitrogens with zero attached hydrogens (tertiary/aromatic N) is 1. The Bertz CT molecular complexity index is 431. The molecule has 17 heavy (non-hydrogen) atoms. The van der Waals surface area contributed by atoms with E-state index < -0.39 is 0 Å². The van der Waals surface area contributed by atoms with Crippen molar-refractivity contribution in [1.29, 1.82) is 0 Å². The first-order valence-electron chi connectivity index (χ1n) is 5.44. The molecule has 1 saturated heterocycles. The fourth-order valence-corrected chi connectivity index (χ4v) is 1.85. The fourth-order valence-electron chi connectivity index (χ4n) is 1.72. The van der Waals surface area contributed by atoms with Crippen LogP contribution in [0.15, 0.2) is 24.3 Å². The van der Waals surface area contributed by atoms with Gasteiger partial charge in [0, 0.05) is 11.6 Å². The fraction of sp³-hybridized carbons (Fsp3) is 0.333. The largest absolute Gasteiger partial charge is 0.345 e. The quantitative estimate of drug-likeness (QED) is 0.867. The van der Waals surface area contributed by atoms with Crippen LogP contribution in [0.25, 0.3) is 0 Å². The molecule has 0 aliphatic carbocycles. The topological polar surface area (TPSA) is 49.4 Å². The van der Waals surface area contributed by atoms with E-state index in [1.807, 2.05) is 24.3 Å². The summed E-state index contributed by atoms with van der Waals surface area (Å²) in [6, 6.07) is 7.50. The molecule has 1 aromatic rings. The molecule has 1 fully saturated rings. The first kappa shape index (κ1) is 11.9. The molecule has 5 heteroatoms. The van der Waals surface area contributed by atoms with Gasteiger partial charge in [0.1, 0.15) is 0 Å². The SMILES string of the molecule is O=C1CN(CCc2ccc(Cl)cc2)C(=O)CN1. The predicted octanol–water partition coefficient (Wildman–Crippen LogP) is 0.841. The van der Waals surface area contributed by atoms with E-state index in [1.165, 1.54) is 0 Å². The molecule has 0 unspecified atom stereocenters. The van der Waals surface area contributed by atoms with Crippen LogP contribution in [0.4, 0.5) is 0 Å². The average Bonchev–Trinajstić information content (AvgIpc) is 2.32. The van der Waals surface area contributed by atoms with Crippen molar-refractivity contribution in [3.8, 4) is 0 Å². The Kier molecular flexibility index (Phi) is 3.64. The summed E-state index contributed by atoms with van der Waals surface area (Å²) in [7, 11) is 0. The maximum absolute atomic E-state index is 11.5. The number of hydrogen-bond acceptors (Lipinski definition) is 2. The van der Waals surface area contributed by atoms with Crippen molar-refractivity contribution in [1.82, 2.24) is 10.2 Å². The summed E-state index contributed by atoms with van der Waals surface area (Å²) < 4.78 is 0. The van der Waals surface area contributed by atoms with Crippen molar-refractivity contribution >= 4 is 23.4 Å². The van der Waals surface area contributed by atoms with Crippen LogP contribution in [0.3, 0.4) is 0 Å². The molecule has 0 atom stereocenters. The lowest BCUT2D eigenvalue weighted by molar-refractivity contribution is -0.140. The Balaban J connectivity index is 1.90. The second-order valence-electron chi connectivity index (χ2n) is 3.97. The van der Waals surface area contributed by atoms with Gasteiger partial charge in [-0.15, -0.1) is 0 Å². The van der Waals surface area contributed by atoms with E-state index in [1.54, 1.807) is 4.90 Å². The molecular formula is C12H13ClN2O2. The normalized spacial score (nSPS) is 15.9. The third kappa shape index (κ3) is 3.20. The number of halogens is 1. The maximum atomic E-state index is 11.5. The van der Waals surface area contributed by atoms with Crippen molar-refractivity contribution in [3.05, 3.63) is 34.9 Å². The summed E-state index contributed by atoms with van der Waals surface area (Å²) in [5.74, 6) is -0.126. The van der Waals surface area contributed by atoms with E-state index in [9.17, 15) is 9.59 Å². The molecule has 2 rings (SSSR count). The van der Waals surface area contributed by atoms with Gasteiger partial charge in [-0.2, -0.15) is 0 Å². The number of benzene rings is 1. The lowest BCUT2D eigenvalue weighted by Gasteiger charge is -2.26. The Hall–Kier alpha value is -1.55. The van der Waals surface area contributed by atoms with Crippen LogP contribution in [0.5, 0.6) is 0 Å². The second kappa shape index (κ2) is 5.19. The van der Waals surface area contributed by atoms with Crippen molar-refractivity contribution < 1.29 is 9.59 Å². The second-order valence-corrected chi connectivity index (χ2v) is 4.40. The third-order valence-corrected chi connectivity index (χ3v) is 2.96. The summed E-state index contributed by atoms with van der Waals surface area (Å²) in [4.78, 5) is 24.2. The summed E-state index contributed by atoms with van der Waals surface area (Å²) in [5, 5.41) is 3.22. The van der Waals surface area contributed by atoms with Gasteiger partial charge in [0.05, 0.1) is 13.1 Å². The highest BCUT2D eigenvalue weighted by Gasteiger charge is 2.22. The van der Waals surface area contributed by atoms with Crippen molar-refractivity contribution in [2.24, 2.45) is 0 Å². The molecule has 1 heterocycles. The van der Waals surface area contributed by atoms with E-state index in [-0.39, 0.29) is 24.9 Å². The number of nitrogens with one attached hydrogen (secondary N) is 1. The van der Waals surface area contributed by atoms with Crippen molar-refractivity contribution in [2.75, 3.05) is 19.6 Å². The average molecular weight is 253 g/mol. The van der Waals surface area contributed by atoms with Gasteiger partial charge < -0.3 is 10.2 Å². The Morgan fingerprint density at radius 1 is 1.24 bits per heavy atom. The standard InChI is InChI=1S/C12H13ClN2O2/c13-10-3-1-9(2-4-10)5-6-15-8-11(16)14-7-12(15)17/h1-4H,5-8H2,(H,14,16). The van der Waals surface area contributed by atoms with Gasteiger partial charge in [0.15, 0.2) is 0 Å². The Labute approximate surface area is 105 Å². The summed E-state index contributed by atoms with van der Waals surface area (Å²) in [6.07, 6.45) is 0.732. The summed E-state index contributed by atoms with van der Waals surface area (Å²) in [5.41, 5.74) is 1.10. The highest BCUT2D eigenvalue weighted by Crippen LogP contribution is 2.10. The summed E-state index contributed by atoms with van der Waals surface area (Å²) >= 11 is 5.79. The van der Waals surface area contributed by atoms with Crippen LogP contribution in [-0.2, 0) is 16.0 Å². The number of amides is 2. The Morgan fingerprint density at radius 3 is 2.65 bits per heavy atom. The molecule has 0 saturated carbocycles. The molecule has 1 N–H and O–H groups in total. The zero-order chi connectivity index (χ0) is 12.3. The molecule has 2 amide bonds. The van der Waals surface area contributed by atoms with Crippen molar-refractivity contribution in [2.45, 2.75) is 6.42 Å². The lowest BCUT2D eigenvalue weighted by atomic mass is 10.1. The van der Waals surface area contributed by atoms with E-state index in [0.29, 0.717) is 11.6 Å². The predicted molar refractivity (Wildman–Crippen MR) is 64.7 cm³/mol. The van der Waals surface area contributed by atoms with Crippen LogP contribution < -0.4 is 5.32 Å².